The Morgan fingerprint density at radius 3 is 2.67 bits per heavy atom. The van der Waals surface area contributed by atoms with Gasteiger partial charge in [0.15, 0.2) is 0 Å². The molecule has 3 nitrogen and oxygen atoms in total. The molecule has 3 heteroatoms. The second-order valence-corrected chi connectivity index (χ2v) is 5.53. The van der Waals surface area contributed by atoms with Crippen molar-refractivity contribution in [3.63, 3.8) is 0 Å². The summed E-state index contributed by atoms with van der Waals surface area (Å²) in [6, 6.07) is 17.1. The van der Waals surface area contributed by atoms with Crippen molar-refractivity contribution < 1.29 is 4.74 Å². The highest BCUT2D eigenvalue weighted by Crippen LogP contribution is 2.35. The van der Waals surface area contributed by atoms with E-state index in [-0.39, 0.29) is 6.04 Å². The van der Waals surface area contributed by atoms with Gasteiger partial charge in [0.25, 0.3) is 0 Å². The molecular formula is C18H22N2O. The van der Waals surface area contributed by atoms with Gasteiger partial charge < -0.3 is 15.4 Å². The van der Waals surface area contributed by atoms with E-state index in [1.54, 1.807) is 0 Å². The molecule has 0 amide bonds. The van der Waals surface area contributed by atoms with Gasteiger partial charge in [-0.2, -0.15) is 0 Å². The third kappa shape index (κ3) is 2.88. The zero-order valence-corrected chi connectivity index (χ0v) is 12.5. The van der Waals surface area contributed by atoms with Crippen LogP contribution in [0.5, 0.6) is 5.75 Å². The van der Waals surface area contributed by atoms with Gasteiger partial charge in [0, 0.05) is 13.1 Å². The van der Waals surface area contributed by atoms with Crippen LogP contribution in [0.4, 0.5) is 5.69 Å². The molecule has 1 atom stereocenters. The molecule has 110 valence electrons. The summed E-state index contributed by atoms with van der Waals surface area (Å²) in [4.78, 5) is 2.38. The highest BCUT2D eigenvalue weighted by molar-refractivity contribution is 5.60. The fourth-order valence-electron chi connectivity index (χ4n) is 2.91. The molecule has 0 fully saturated rings. The van der Waals surface area contributed by atoms with Crippen LogP contribution in [0.3, 0.4) is 0 Å². The van der Waals surface area contributed by atoms with Gasteiger partial charge in [-0.15, -0.1) is 0 Å². The lowest BCUT2D eigenvalue weighted by atomic mass is 10.0. The molecule has 2 aromatic rings. The van der Waals surface area contributed by atoms with E-state index in [9.17, 15) is 0 Å². The summed E-state index contributed by atoms with van der Waals surface area (Å²) < 4.78 is 5.85. The number of rotatable bonds is 3. The number of hydrogen-bond donors (Lipinski definition) is 1. The molecule has 1 aliphatic heterocycles. The Labute approximate surface area is 126 Å². The number of nitrogens with zero attached hydrogens (tertiary/aromatic N) is 1. The molecule has 2 N–H and O–H groups in total. The second kappa shape index (κ2) is 6.19. The highest BCUT2D eigenvalue weighted by Gasteiger charge is 2.23. The number of para-hydroxylation sites is 2. The monoisotopic (exact) mass is 282 g/mol. The number of fused-ring (bicyclic) bond motifs is 1. The fraction of sp³-hybridized carbons (Fsp3) is 0.333. The van der Waals surface area contributed by atoms with Crippen molar-refractivity contribution in [3.8, 4) is 5.75 Å². The van der Waals surface area contributed by atoms with E-state index >= 15 is 0 Å². The van der Waals surface area contributed by atoms with E-state index in [4.69, 9.17) is 10.5 Å². The van der Waals surface area contributed by atoms with Crippen LogP contribution in [-0.4, -0.2) is 19.7 Å². The minimum absolute atomic E-state index is 0.188. The first-order valence-electron chi connectivity index (χ1n) is 7.54. The smallest absolute Gasteiger partial charge is 0.142 e. The highest BCUT2D eigenvalue weighted by atomic mass is 16.5. The SMILES string of the molecule is Cc1ccc(C(CN)N2CCCOc3ccccc32)cc1. The van der Waals surface area contributed by atoms with Crippen molar-refractivity contribution in [1.82, 2.24) is 0 Å². The predicted octanol–water partition coefficient (Wildman–Crippen LogP) is 3.28. The molecule has 0 spiro atoms. The van der Waals surface area contributed by atoms with Crippen LogP contribution in [-0.2, 0) is 0 Å². The zero-order chi connectivity index (χ0) is 14.7. The average Bonchev–Trinajstić information content (AvgIpc) is 2.73. The Kier molecular flexibility index (Phi) is 4.11. The van der Waals surface area contributed by atoms with Crippen LogP contribution >= 0.6 is 0 Å². The lowest BCUT2D eigenvalue weighted by molar-refractivity contribution is 0.322. The van der Waals surface area contributed by atoms with E-state index in [1.807, 2.05) is 12.1 Å². The summed E-state index contributed by atoms with van der Waals surface area (Å²) in [5.41, 5.74) is 9.78. The van der Waals surface area contributed by atoms with Crippen LogP contribution in [0.25, 0.3) is 0 Å². The molecule has 1 heterocycles. The van der Waals surface area contributed by atoms with E-state index < -0.39 is 0 Å². The largest absolute Gasteiger partial charge is 0.491 e. The topological polar surface area (TPSA) is 38.5 Å². The lowest BCUT2D eigenvalue weighted by Crippen LogP contribution is -2.34. The third-order valence-corrected chi connectivity index (χ3v) is 4.04. The molecule has 0 radical (unpaired) electrons. The Balaban J connectivity index is 1.98. The Bertz CT molecular complexity index is 594. The summed E-state index contributed by atoms with van der Waals surface area (Å²) in [7, 11) is 0. The Morgan fingerprint density at radius 1 is 1.14 bits per heavy atom. The van der Waals surface area contributed by atoms with Crippen molar-refractivity contribution in [2.24, 2.45) is 5.73 Å². The molecule has 0 aliphatic carbocycles. The molecule has 0 saturated carbocycles. The van der Waals surface area contributed by atoms with Crippen LogP contribution in [0.15, 0.2) is 48.5 Å². The number of benzene rings is 2. The van der Waals surface area contributed by atoms with Crippen LogP contribution in [0, 0.1) is 6.92 Å². The maximum atomic E-state index is 6.10. The molecule has 3 rings (SSSR count). The predicted molar refractivity (Wildman–Crippen MR) is 86.9 cm³/mol. The summed E-state index contributed by atoms with van der Waals surface area (Å²) in [6.07, 6.45) is 1.01. The summed E-state index contributed by atoms with van der Waals surface area (Å²) in [5.74, 6) is 0.959. The minimum Gasteiger partial charge on any atom is -0.491 e. The van der Waals surface area contributed by atoms with Gasteiger partial charge in [-0.25, -0.2) is 0 Å². The minimum atomic E-state index is 0.188. The maximum Gasteiger partial charge on any atom is 0.142 e. The number of ether oxygens (including phenoxy) is 1. The van der Waals surface area contributed by atoms with E-state index in [0.717, 1.165) is 31.0 Å². The van der Waals surface area contributed by atoms with Gasteiger partial charge >= 0.3 is 0 Å². The molecule has 21 heavy (non-hydrogen) atoms. The average molecular weight is 282 g/mol. The van der Waals surface area contributed by atoms with Gasteiger partial charge in [-0.3, -0.25) is 0 Å². The van der Waals surface area contributed by atoms with Gasteiger partial charge in [-0.05, 0) is 31.0 Å². The third-order valence-electron chi connectivity index (χ3n) is 4.04. The number of nitrogens with two attached hydrogens (primary N) is 1. The molecule has 1 unspecified atom stereocenters. The zero-order valence-electron chi connectivity index (χ0n) is 12.5. The van der Waals surface area contributed by atoms with Gasteiger partial charge in [-0.1, -0.05) is 42.0 Å². The second-order valence-electron chi connectivity index (χ2n) is 5.53. The number of aryl methyl sites for hydroxylation is 1. The standard InChI is InChI=1S/C18H22N2O/c1-14-7-9-15(10-8-14)17(13-19)20-11-4-12-21-18-6-3-2-5-16(18)20/h2-3,5-10,17H,4,11-13,19H2,1H3. The fourth-order valence-corrected chi connectivity index (χ4v) is 2.91. The van der Waals surface area contributed by atoms with Gasteiger partial charge in [0.2, 0.25) is 0 Å². The Morgan fingerprint density at radius 2 is 1.90 bits per heavy atom. The summed E-state index contributed by atoms with van der Waals surface area (Å²) in [5, 5.41) is 0. The van der Waals surface area contributed by atoms with Crippen LogP contribution < -0.4 is 15.4 Å². The summed E-state index contributed by atoms with van der Waals surface area (Å²) in [6.45, 7) is 4.43. The quantitative estimate of drug-likeness (QED) is 0.939. The Hall–Kier alpha value is -2.00. The normalized spacial score (nSPS) is 15.8. The van der Waals surface area contributed by atoms with Gasteiger partial charge in [0.1, 0.15) is 5.75 Å². The van der Waals surface area contributed by atoms with Crippen molar-refractivity contribution in [2.75, 3.05) is 24.6 Å². The molecule has 2 aromatic carbocycles. The summed E-state index contributed by atoms with van der Waals surface area (Å²) >= 11 is 0. The molecule has 0 bridgehead atoms. The lowest BCUT2D eigenvalue weighted by Gasteiger charge is -2.32. The first-order chi connectivity index (χ1) is 10.3. The molecule has 0 saturated heterocycles. The molecule has 1 aliphatic rings. The van der Waals surface area contributed by atoms with Crippen molar-refractivity contribution in [3.05, 3.63) is 59.7 Å². The molecular weight excluding hydrogens is 260 g/mol. The molecule has 0 aromatic heterocycles. The van der Waals surface area contributed by atoms with Crippen molar-refractivity contribution in [1.29, 1.82) is 0 Å². The van der Waals surface area contributed by atoms with Crippen LogP contribution in [0.2, 0.25) is 0 Å². The van der Waals surface area contributed by atoms with E-state index in [0.29, 0.717) is 6.54 Å². The maximum absolute atomic E-state index is 6.10. The first kappa shape index (κ1) is 14.0. The van der Waals surface area contributed by atoms with E-state index in [2.05, 4.69) is 48.2 Å². The number of hydrogen-bond acceptors (Lipinski definition) is 3. The van der Waals surface area contributed by atoms with Crippen molar-refractivity contribution >= 4 is 5.69 Å². The number of anilines is 1. The van der Waals surface area contributed by atoms with Crippen molar-refractivity contribution in [2.45, 2.75) is 19.4 Å². The first-order valence-corrected chi connectivity index (χ1v) is 7.54. The van der Waals surface area contributed by atoms with Crippen LogP contribution in [0.1, 0.15) is 23.6 Å². The van der Waals surface area contributed by atoms with E-state index in [1.165, 1.54) is 11.1 Å². The van der Waals surface area contributed by atoms with Gasteiger partial charge in [0.05, 0.1) is 18.3 Å².